The van der Waals surface area contributed by atoms with E-state index >= 15 is 0 Å². The first-order valence-corrected chi connectivity index (χ1v) is 5.47. The smallest absolute Gasteiger partial charge is 0.352 e. The van der Waals surface area contributed by atoms with Crippen LogP contribution in [-0.4, -0.2) is 0 Å². The van der Waals surface area contributed by atoms with E-state index < -0.39 is 23.7 Å². The zero-order valence-electron chi connectivity index (χ0n) is 9.95. The van der Waals surface area contributed by atoms with Crippen molar-refractivity contribution in [3.8, 4) is 11.5 Å². The van der Waals surface area contributed by atoms with Crippen molar-refractivity contribution in [3.63, 3.8) is 0 Å². The van der Waals surface area contributed by atoms with E-state index in [0.717, 1.165) is 48.5 Å². The van der Waals surface area contributed by atoms with Gasteiger partial charge in [-0.3, -0.25) is 0 Å². The van der Waals surface area contributed by atoms with E-state index in [1.807, 2.05) is 0 Å². The van der Waals surface area contributed by atoms with Crippen molar-refractivity contribution in [1.82, 2.24) is 0 Å². The van der Waals surface area contributed by atoms with Crippen LogP contribution >= 0.6 is 0 Å². The molecule has 0 amide bonds. The molecule has 20 heavy (non-hydrogen) atoms. The van der Waals surface area contributed by atoms with Gasteiger partial charge in [0.05, 0.1) is 0 Å². The molecule has 0 aliphatic rings. The summed E-state index contributed by atoms with van der Waals surface area (Å²) in [4.78, 5) is 0. The molecule has 0 bridgehead atoms. The van der Waals surface area contributed by atoms with Gasteiger partial charge in [-0.05, 0) is 48.5 Å². The average molecular weight is 284 g/mol. The summed E-state index contributed by atoms with van der Waals surface area (Å²) in [5.74, 6) is -1.27. The fourth-order valence-electron chi connectivity index (χ4n) is 1.29. The van der Waals surface area contributed by atoms with Crippen LogP contribution < -0.4 is 9.47 Å². The van der Waals surface area contributed by atoms with Crippen LogP contribution in [0, 0.1) is 11.6 Å². The van der Waals surface area contributed by atoms with Crippen molar-refractivity contribution in [2.24, 2.45) is 0 Å². The molecule has 0 atom stereocenters. The third kappa shape index (κ3) is 3.74. The third-order valence-electron chi connectivity index (χ3n) is 2.20. The van der Waals surface area contributed by atoms with Gasteiger partial charge in [0.25, 0.3) is 0 Å². The highest BCUT2D eigenvalue weighted by molar-refractivity contribution is 5.25. The Balaban J connectivity index is 2.06. The Morgan fingerprint density at radius 1 is 0.600 bits per heavy atom. The maximum atomic E-state index is 13.3. The quantitative estimate of drug-likeness (QED) is 0.608. The molecule has 0 saturated carbocycles. The highest BCUT2D eigenvalue weighted by atomic mass is 19.2. The van der Waals surface area contributed by atoms with Crippen molar-refractivity contribution >= 4 is 0 Å². The zero-order chi connectivity index (χ0) is 14.5. The minimum absolute atomic E-state index is 0.0956. The summed E-state index contributed by atoms with van der Waals surface area (Å²) in [6.07, 6.45) is 0. The molecule has 2 aromatic carbocycles. The lowest BCUT2D eigenvalue weighted by Gasteiger charge is -2.05. The first kappa shape index (κ1) is 13.9. The third-order valence-corrected chi connectivity index (χ3v) is 2.20. The summed E-state index contributed by atoms with van der Waals surface area (Å²) < 4.78 is 60.9. The largest absolute Gasteiger partial charge is 0.427 e. The minimum Gasteiger partial charge on any atom is -0.427 e. The Kier molecular flexibility index (Phi) is 4.24. The molecule has 0 aliphatic heterocycles. The van der Waals surface area contributed by atoms with Gasteiger partial charge in [0.1, 0.15) is 23.1 Å². The second-order valence-electron chi connectivity index (χ2n) is 3.66. The molecular weight excluding hydrogens is 276 g/mol. The number of hydrogen-bond donors (Lipinski definition) is 0. The molecule has 0 fully saturated rings. The molecule has 0 radical (unpaired) electrons. The lowest BCUT2D eigenvalue weighted by atomic mass is 10.3. The highest BCUT2D eigenvalue weighted by Crippen LogP contribution is 2.21. The average Bonchev–Trinajstić information content (AvgIpc) is 2.44. The van der Waals surface area contributed by atoms with Gasteiger partial charge in [-0.1, -0.05) is 0 Å². The van der Waals surface area contributed by atoms with Gasteiger partial charge in [-0.2, -0.15) is 8.78 Å². The molecule has 2 nitrogen and oxygen atoms in total. The molecule has 2 aromatic rings. The van der Waals surface area contributed by atoms with Gasteiger partial charge < -0.3 is 9.47 Å². The molecule has 0 unspecified atom stereocenters. The number of ether oxygens (including phenoxy) is 2. The van der Waals surface area contributed by atoms with Crippen LogP contribution in [0.1, 0.15) is 0 Å². The van der Waals surface area contributed by atoms with Gasteiger partial charge >= 0.3 is 12.0 Å². The molecule has 0 aliphatic carbocycles. The van der Waals surface area contributed by atoms with E-state index in [-0.39, 0.29) is 11.5 Å². The van der Waals surface area contributed by atoms with Gasteiger partial charge in [0, 0.05) is 0 Å². The van der Waals surface area contributed by atoms with E-state index in [0.29, 0.717) is 0 Å². The molecule has 0 N–H and O–H groups in total. The van der Waals surface area contributed by atoms with Crippen LogP contribution in [0.5, 0.6) is 11.5 Å². The molecule has 104 valence electrons. The molecule has 2 rings (SSSR count). The number of rotatable bonds is 4. The van der Waals surface area contributed by atoms with Crippen LogP contribution in [0.25, 0.3) is 0 Å². The van der Waals surface area contributed by atoms with Gasteiger partial charge in [0.15, 0.2) is 0 Å². The second kappa shape index (κ2) is 6.10. The van der Waals surface area contributed by atoms with Crippen molar-refractivity contribution < 1.29 is 27.0 Å². The van der Waals surface area contributed by atoms with Gasteiger partial charge in [-0.25, -0.2) is 8.78 Å². The van der Waals surface area contributed by atoms with E-state index in [9.17, 15) is 17.6 Å². The van der Waals surface area contributed by atoms with Crippen LogP contribution in [0.15, 0.2) is 60.6 Å². The van der Waals surface area contributed by atoms with E-state index in [4.69, 9.17) is 0 Å². The maximum Gasteiger partial charge on any atom is 0.352 e. The van der Waals surface area contributed by atoms with E-state index in [1.54, 1.807) is 0 Å². The van der Waals surface area contributed by atoms with Crippen molar-refractivity contribution in [2.45, 2.75) is 0 Å². The van der Waals surface area contributed by atoms with E-state index in [2.05, 4.69) is 9.47 Å². The molecule has 0 aromatic heterocycles. The molecule has 0 spiro atoms. The van der Waals surface area contributed by atoms with Gasteiger partial charge in [-0.15, -0.1) is 0 Å². The van der Waals surface area contributed by atoms with Gasteiger partial charge in [0.2, 0.25) is 0 Å². The van der Waals surface area contributed by atoms with Crippen LogP contribution in [-0.2, 0) is 0 Å². The van der Waals surface area contributed by atoms with Crippen LogP contribution in [0.4, 0.5) is 17.6 Å². The molecule has 6 heteroatoms. The number of halogens is 4. The SMILES string of the molecule is F/C(Oc1ccc(F)cc1)=C(/F)Oc1ccc(F)cc1. The Morgan fingerprint density at radius 2 is 0.900 bits per heavy atom. The molecule has 0 heterocycles. The first-order chi connectivity index (χ1) is 9.54. The first-order valence-electron chi connectivity index (χ1n) is 5.47. The Bertz CT molecular complexity index is 551. The number of benzene rings is 2. The fourth-order valence-corrected chi connectivity index (χ4v) is 1.29. The van der Waals surface area contributed by atoms with E-state index in [1.165, 1.54) is 0 Å². The number of hydrogen-bond acceptors (Lipinski definition) is 2. The summed E-state index contributed by atoms with van der Waals surface area (Å²) in [5.41, 5.74) is 0. The molecule has 0 saturated heterocycles. The van der Waals surface area contributed by atoms with Crippen molar-refractivity contribution in [1.29, 1.82) is 0 Å². The van der Waals surface area contributed by atoms with Crippen molar-refractivity contribution in [3.05, 3.63) is 72.2 Å². The summed E-state index contributed by atoms with van der Waals surface area (Å²) in [5, 5.41) is 0. The minimum atomic E-state index is -1.62. The Morgan fingerprint density at radius 3 is 1.20 bits per heavy atom. The predicted molar refractivity (Wildman–Crippen MR) is 63.3 cm³/mol. The fraction of sp³-hybridized carbons (Fsp3) is 0. The lowest BCUT2D eigenvalue weighted by molar-refractivity contribution is 0.203. The monoisotopic (exact) mass is 284 g/mol. The zero-order valence-corrected chi connectivity index (χ0v) is 9.95. The summed E-state index contributed by atoms with van der Waals surface area (Å²) in [6.45, 7) is 0. The topological polar surface area (TPSA) is 18.5 Å². The Labute approximate surface area is 111 Å². The maximum absolute atomic E-state index is 13.3. The highest BCUT2D eigenvalue weighted by Gasteiger charge is 2.12. The van der Waals surface area contributed by atoms with Crippen molar-refractivity contribution in [2.75, 3.05) is 0 Å². The second-order valence-corrected chi connectivity index (χ2v) is 3.66. The summed E-state index contributed by atoms with van der Waals surface area (Å²) >= 11 is 0. The lowest BCUT2D eigenvalue weighted by Crippen LogP contribution is -1.98. The van der Waals surface area contributed by atoms with Crippen LogP contribution in [0.3, 0.4) is 0 Å². The summed E-state index contributed by atoms with van der Waals surface area (Å²) in [7, 11) is 0. The normalized spacial score (nSPS) is 11.8. The standard InChI is InChI=1S/C14H8F4O2/c15-9-1-5-11(6-2-9)19-13(17)14(18)20-12-7-3-10(16)4-8-12/h1-8H/b14-13+. The predicted octanol–water partition coefficient (Wildman–Crippen LogP) is 4.49. The summed E-state index contributed by atoms with van der Waals surface area (Å²) in [6, 6.07) is 5.37. The Hall–Kier alpha value is -2.50. The molecular formula is C14H8F4O2. The van der Waals surface area contributed by atoms with Crippen LogP contribution in [0.2, 0.25) is 0 Å².